The predicted octanol–water partition coefficient (Wildman–Crippen LogP) is 2.80. The van der Waals surface area contributed by atoms with Gasteiger partial charge in [-0.05, 0) is 33.6 Å². The minimum Gasteiger partial charge on any atom is -0.444 e. The molecule has 7 heteroatoms. The Morgan fingerprint density at radius 3 is 2.46 bits per heavy atom. The molecule has 1 N–H and O–H groups in total. The highest BCUT2D eigenvalue weighted by molar-refractivity contribution is 5.68. The maximum atomic E-state index is 12.5. The fraction of sp³-hybridized carbons (Fsp3) is 0.947. The molecule has 3 unspecified atom stereocenters. The van der Waals surface area contributed by atoms with Gasteiger partial charge >= 0.3 is 6.09 Å². The van der Waals surface area contributed by atoms with Gasteiger partial charge in [-0.2, -0.15) is 0 Å². The molecule has 1 aliphatic heterocycles. The number of likely N-dealkylation sites (tertiary alicyclic amines) is 1. The smallest absolute Gasteiger partial charge is 0.410 e. The van der Waals surface area contributed by atoms with E-state index in [9.17, 15) is 9.90 Å². The summed E-state index contributed by atoms with van der Waals surface area (Å²) in [6.45, 7) is 9.22. The molecule has 1 heterocycles. The molecule has 0 aromatic heterocycles. The number of carbonyl (C=O) groups excluding carboxylic acids is 1. The summed E-state index contributed by atoms with van der Waals surface area (Å²) >= 11 is 0. The second-order valence-electron chi connectivity index (χ2n) is 7.85. The summed E-state index contributed by atoms with van der Waals surface area (Å²) in [7, 11) is 3.21. The Morgan fingerprint density at radius 1 is 1.23 bits per heavy atom. The summed E-state index contributed by atoms with van der Waals surface area (Å²) in [5.74, 6) is -1.30. The van der Waals surface area contributed by atoms with Crippen molar-refractivity contribution in [3.8, 4) is 0 Å². The zero-order valence-corrected chi connectivity index (χ0v) is 17.2. The third-order valence-electron chi connectivity index (χ3n) is 4.65. The van der Waals surface area contributed by atoms with Gasteiger partial charge in [0.05, 0.1) is 25.2 Å². The van der Waals surface area contributed by atoms with Gasteiger partial charge in [0.1, 0.15) is 5.60 Å². The molecule has 1 aliphatic rings. The number of carbonyl (C=O) groups is 1. The van der Waals surface area contributed by atoms with Crippen LogP contribution in [0.5, 0.6) is 0 Å². The third-order valence-corrected chi connectivity index (χ3v) is 4.65. The summed E-state index contributed by atoms with van der Waals surface area (Å²) in [5.41, 5.74) is -0.557. The lowest BCUT2D eigenvalue weighted by Gasteiger charge is -2.46. The van der Waals surface area contributed by atoms with Crippen LogP contribution in [0.25, 0.3) is 0 Å². The van der Waals surface area contributed by atoms with E-state index in [-0.39, 0.29) is 12.0 Å². The lowest BCUT2D eigenvalue weighted by molar-refractivity contribution is -0.282. The number of piperidine rings is 1. The van der Waals surface area contributed by atoms with Gasteiger partial charge in [0.2, 0.25) is 0 Å². The van der Waals surface area contributed by atoms with Gasteiger partial charge in [0, 0.05) is 33.7 Å². The van der Waals surface area contributed by atoms with Gasteiger partial charge in [-0.3, -0.25) is 0 Å². The van der Waals surface area contributed by atoms with E-state index in [1.54, 1.807) is 19.1 Å². The van der Waals surface area contributed by atoms with Crippen LogP contribution < -0.4 is 0 Å². The highest BCUT2D eigenvalue weighted by Gasteiger charge is 2.47. The van der Waals surface area contributed by atoms with Crippen molar-refractivity contribution < 1.29 is 28.8 Å². The van der Waals surface area contributed by atoms with E-state index < -0.39 is 17.5 Å². The average Bonchev–Trinajstić information content (AvgIpc) is 2.57. The molecule has 0 aromatic carbocycles. The van der Waals surface area contributed by atoms with Gasteiger partial charge in [0.15, 0.2) is 5.79 Å². The number of aliphatic hydroxyl groups is 1. The van der Waals surface area contributed by atoms with E-state index in [1.165, 1.54) is 0 Å². The highest BCUT2D eigenvalue weighted by Crippen LogP contribution is 2.36. The fourth-order valence-electron chi connectivity index (χ4n) is 3.26. The van der Waals surface area contributed by atoms with Gasteiger partial charge < -0.3 is 29.0 Å². The van der Waals surface area contributed by atoms with E-state index in [0.717, 1.165) is 12.8 Å². The molecule has 1 fully saturated rings. The minimum atomic E-state index is -0.950. The Balaban J connectivity index is 2.95. The first-order chi connectivity index (χ1) is 12.2. The topological polar surface area (TPSA) is 77.5 Å². The molecule has 26 heavy (non-hydrogen) atoms. The SMILES string of the molecule is CCCCC(OC)(OCCOC)C1CN(C(=O)OC(C)(C)C)CCC1O. The van der Waals surface area contributed by atoms with Crippen LogP contribution in [0.1, 0.15) is 53.4 Å². The van der Waals surface area contributed by atoms with Crippen LogP contribution in [0.4, 0.5) is 4.79 Å². The molecular weight excluding hydrogens is 338 g/mol. The van der Waals surface area contributed by atoms with Crippen molar-refractivity contribution >= 4 is 6.09 Å². The van der Waals surface area contributed by atoms with E-state index >= 15 is 0 Å². The van der Waals surface area contributed by atoms with E-state index in [2.05, 4.69) is 6.92 Å². The molecular formula is C19H37NO6. The summed E-state index contributed by atoms with van der Waals surface area (Å²) in [5, 5.41) is 10.7. The minimum absolute atomic E-state index is 0.334. The number of rotatable bonds is 9. The lowest BCUT2D eigenvalue weighted by atomic mass is 9.84. The van der Waals surface area contributed by atoms with E-state index in [4.69, 9.17) is 18.9 Å². The molecule has 0 aromatic rings. The van der Waals surface area contributed by atoms with Crippen molar-refractivity contribution in [2.24, 2.45) is 5.92 Å². The number of hydrogen-bond donors (Lipinski definition) is 1. The molecule has 154 valence electrons. The van der Waals surface area contributed by atoms with Crippen molar-refractivity contribution in [1.82, 2.24) is 4.90 Å². The molecule has 0 saturated carbocycles. The molecule has 1 amide bonds. The van der Waals surface area contributed by atoms with Crippen LogP contribution in [0.15, 0.2) is 0 Å². The summed E-state index contributed by atoms with van der Waals surface area (Å²) in [6.07, 6.45) is 2.02. The van der Waals surface area contributed by atoms with Crippen molar-refractivity contribution in [1.29, 1.82) is 0 Å². The number of aliphatic hydroxyl groups excluding tert-OH is 1. The zero-order chi connectivity index (χ0) is 19.8. The molecule has 7 nitrogen and oxygen atoms in total. The molecule has 3 atom stereocenters. The molecule has 0 aliphatic carbocycles. The summed E-state index contributed by atoms with van der Waals surface area (Å²) in [4.78, 5) is 14.1. The Bertz CT molecular complexity index is 425. The molecule has 0 radical (unpaired) electrons. The second-order valence-corrected chi connectivity index (χ2v) is 7.85. The van der Waals surface area contributed by atoms with Gasteiger partial charge in [0.25, 0.3) is 0 Å². The molecule has 0 spiro atoms. The third kappa shape index (κ3) is 6.68. The van der Waals surface area contributed by atoms with Gasteiger partial charge in [-0.25, -0.2) is 4.79 Å². The maximum absolute atomic E-state index is 12.5. The van der Waals surface area contributed by atoms with Crippen LogP contribution in [0.2, 0.25) is 0 Å². The normalized spacial score (nSPS) is 23.6. The van der Waals surface area contributed by atoms with Gasteiger partial charge in [-0.1, -0.05) is 13.3 Å². The first-order valence-corrected chi connectivity index (χ1v) is 9.53. The standard InChI is InChI=1S/C19H37NO6/c1-7-8-10-19(24-6,25-13-12-23-5)15-14-20(11-9-16(15)21)17(22)26-18(2,3)4/h15-16,21H,7-14H2,1-6H3. The first kappa shape index (κ1) is 23.1. The number of methoxy groups -OCH3 is 2. The second kappa shape index (κ2) is 10.4. The monoisotopic (exact) mass is 375 g/mol. The molecule has 1 saturated heterocycles. The number of unbranched alkanes of at least 4 members (excludes halogenated alkanes) is 1. The Labute approximate surface area is 157 Å². The van der Waals surface area contributed by atoms with Crippen molar-refractivity contribution in [3.05, 3.63) is 0 Å². The largest absolute Gasteiger partial charge is 0.444 e. The van der Waals surface area contributed by atoms with Crippen molar-refractivity contribution in [2.75, 3.05) is 40.5 Å². The molecule has 0 bridgehead atoms. The van der Waals surface area contributed by atoms with E-state index in [1.807, 2.05) is 20.8 Å². The van der Waals surface area contributed by atoms with E-state index in [0.29, 0.717) is 39.1 Å². The van der Waals surface area contributed by atoms with Crippen molar-refractivity contribution in [3.63, 3.8) is 0 Å². The van der Waals surface area contributed by atoms with Crippen molar-refractivity contribution in [2.45, 2.75) is 70.9 Å². The van der Waals surface area contributed by atoms with Crippen LogP contribution >= 0.6 is 0 Å². The summed E-state index contributed by atoms with van der Waals surface area (Å²) < 4.78 is 22.5. The lowest BCUT2D eigenvalue weighted by Crippen LogP contribution is -2.58. The Morgan fingerprint density at radius 2 is 1.92 bits per heavy atom. The quantitative estimate of drug-likeness (QED) is 0.493. The number of ether oxygens (including phenoxy) is 4. The zero-order valence-electron chi connectivity index (χ0n) is 17.2. The molecule has 1 rings (SSSR count). The van der Waals surface area contributed by atoms with Crippen LogP contribution in [0.3, 0.4) is 0 Å². The summed E-state index contributed by atoms with van der Waals surface area (Å²) in [6, 6.07) is 0. The number of amides is 1. The highest BCUT2D eigenvalue weighted by atomic mass is 16.7. The Hall–Kier alpha value is -0.890. The number of nitrogens with zero attached hydrogens (tertiary/aromatic N) is 1. The van der Waals surface area contributed by atoms with Gasteiger partial charge in [-0.15, -0.1) is 0 Å². The maximum Gasteiger partial charge on any atom is 0.410 e. The van der Waals surface area contributed by atoms with Crippen LogP contribution in [-0.2, 0) is 18.9 Å². The Kier molecular flexibility index (Phi) is 9.30. The average molecular weight is 376 g/mol. The first-order valence-electron chi connectivity index (χ1n) is 9.53. The predicted molar refractivity (Wildman–Crippen MR) is 99.0 cm³/mol. The number of hydrogen-bond acceptors (Lipinski definition) is 6. The fourth-order valence-corrected chi connectivity index (χ4v) is 3.26. The van der Waals surface area contributed by atoms with Crippen LogP contribution in [0, 0.1) is 5.92 Å². The van der Waals surface area contributed by atoms with Crippen LogP contribution in [-0.4, -0.2) is 74.1 Å².